The van der Waals surface area contributed by atoms with Gasteiger partial charge in [0.15, 0.2) is 0 Å². The van der Waals surface area contributed by atoms with E-state index in [0.717, 1.165) is 12.2 Å². The van der Waals surface area contributed by atoms with E-state index in [0.29, 0.717) is 35.1 Å². The molecule has 9 heteroatoms. The monoisotopic (exact) mass is 407 g/mol. The highest BCUT2D eigenvalue weighted by Gasteiger charge is 2.35. The zero-order valence-electron chi connectivity index (χ0n) is 17.8. The minimum atomic E-state index is -0.0963. The zero-order valence-corrected chi connectivity index (χ0v) is 17.8. The Balaban J connectivity index is 1.71. The van der Waals surface area contributed by atoms with E-state index in [1.807, 2.05) is 0 Å². The highest BCUT2D eigenvalue weighted by atomic mass is 16.4. The summed E-state index contributed by atoms with van der Waals surface area (Å²) in [5, 5.41) is 17.4. The molecule has 2 unspecified atom stereocenters. The third-order valence-electron chi connectivity index (χ3n) is 5.92. The Morgan fingerprint density at radius 1 is 1.23 bits per heavy atom. The van der Waals surface area contributed by atoms with Crippen molar-refractivity contribution in [2.24, 2.45) is 7.05 Å². The van der Waals surface area contributed by atoms with Crippen LogP contribution in [0.2, 0.25) is 0 Å². The number of hydrogen-bond donors (Lipinski definition) is 0. The van der Waals surface area contributed by atoms with Crippen molar-refractivity contribution in [3.8, 4) is 6.07 Å². The van der Waals surface area contributed by atoms with Gasteiger partial charge in [-0.1, -0.05) is 0 Å². The maximum Gasteiger partial charge on any atom is 0.252 e. The van der Waals surface area contributed by atoms with Gasteiger partial charge in [-0.15, -0.1) is 10.2 Å². The molecule has 0 aromatic carbocycles. The second-order valence-electron chi connectivity index (χ2n) is 7.99. The quantitative estimate of drug-likeness (QED) is 0.650. The first-order valence-corrected chi connectivity index (χ1v) is 10.0. The van der Waals surface area contributed by atoms with Crippen molar-refractivity contribution in [2.75, 3.05) is 18.0 Å². The van der Waals surface area contributed by atoms with Gasteiger partial charge in [0.2, 0.25) is 11.8 Å². The van der Waals surface area contributed by atoms with Crippen molar-refractivity contribution in [3.05, 3.63) is 46.0 Å². The average Bonchev–Trinajstić information content (AvgIpc) is 3.17. The second-order valence-corrected chi connectivity index (χ2v) is 7.99. The Labute approximate surface area is 174 Å². The molecule has 0 saturated carbocycles. The van der Waals surface area contributed by atoms with E-state index in [9.17, 15) is 10.1 Å². The molecular weight excluding hydrogens is 382 g/mol. The summed E-state index contributed by atoms with van der Waals surface area (Å²) in [4.78, 5) is 21.7. The first-order chi connectivity index (χ1) is 14.3. The third kappa shape index (κ3) is 3.33. The minimum absolute atomic E-state index is 0.00509. The van der Waals surface area contributed by atoms with Crippen LogP contribution in [0.5, 0.6) is 0 Å². The van der Waals surface area contributed by atoms with Crippen molar-refractivity contribution in [2.45, 2.75) is 45.8 Å². The summed E-state index contributed by atoms with van der Waals surface area (Å²) in [6.07, 6.45) is 0. The highest BCUT2D eigenvalue weighted by Crippen LogP contribution is 2.32. The smallest absolute Gasteiger partial charge is 0.252 e. The van der Waals surface area contributed by atoms with Crippen LogP contribution in [0.1, 0.15) is 44.3 Å². The SMILES string of the molecule is Cc1nnc(C(C)N2C[C@H](C)N(c3cc(=O)n(C)c4ccc(C#N)nc34)CC2C)o1. The lowest BCUT2D eigenvalue weighted by Crippen LogP contribution is -2.57. The normalized spacial score (nSPS) is 21.0. The van der Waals surface area contributed by atoms with Crippen molar-refractivity contribution in [3.63, 3.8) is 0 Å². The lowest BCUT2D eigenvalue weighted by atomic mass is 10.0. The molecule has 3 atom stereocenters. The Kier molecular flexibility index (Phi) is 5.03. The molecule has 1 fully saturated rings. The minimum Gasteiger partial charge on any atom is -0.424 e. The number of rotatable bonds is 3. The van der Waals surface area contributed by atoms with E-state index in [1.54, 1.807) is 36.7 Å². The summed E-state index contributed by atoms with van der Waals surface area (Å²) < 4.78 is 7.21. The molecule has 1 aliphatic heterocycles. The van der Waals surface area contributed by atoms with Gasteiger partial charge in [0.25, 0.3) is 5.56 Å². The van der Waals surface area contributed by atoms with Gasteiger partial charge < -0.3 is 13.9 Å². The molecule has 0 bridgehead atoms. The second kappa shape index (κ2) is 7.54. The van der Waals surface area contributed by atoms with Crippen molar-refractivity contribution in [1.82, 2.24) is 24.6 Å². The number of anilines is 1. The summed E-state index contributed by atoms with van der Waals surface area (Å²) in [7, 11) is 1.72. The van der Waals surface area contributed by atoms with Crippen LogP contribution in [0.4, 0.5) is 5.69 Å². The summed E-state index contributed by atoms with van der Waals surface area (Å²) in [5.74, 6) is 1.17. The molecule has 0 radical (unpaired) electrons. The van der Waals surface area contributed by atoms with Gasteiger partial charge in [0.05, 0.1) is 17.2 Å². The number of piperazine rings is 1. The van der Waals surface area contributed by atoms with E-state index < -0.39 is 0 Å². The van der Waals surface area contributed by atoms with Gasteiger partial charge in [-0.2, -0.15) is 5.26 Å². The maximum absolute atomic E-state index is 12.6. The fourth-order valence-electron chi connectivity index (χ4n) is 4.24. The van der Waals surface area contributed by atoms with Crippen LogP contribution in [-0.4, -0.2) is 49.8 Å². The van der Waals surface area contributed by atoms with Gasteiger partial charge in [-0.05, 0) is 32.9 Å². The fraction of sp³-hybridized carbons (Fsp3) is 0.476. The number of fused-ring (bicyclic) bond motifs is 1. The molecule has 3 aromatic heterocycles. The molecule has 156 valence electrons. The van der Waals surface area contributed by atoms with E-state index in [4.69, 9.17) is 4.42 Å². The number of nitrogens with zero attached hydrogens (tertiary/aromatic N) is 7. The summed E-state index contributed by atoms with van der Waals surface area (Å²) >= 11 is 0. The van der Waals surface area contributed by atoms with Gasteiger partial charge in [0.1, 0.15) is 17.3 Å². The summed E-state index contributed by atoms with van der Waals surface area (Å²) in [6, 6.07) is 7.45. The predicted octanol–water partition coefficient (Wildman–Crippen LogP) is 2.16. The highest BCUT2D eigenvalue weighted by molar-refractivity contribution is 5.89. The van der Waals surface area contributed by atoms with Crippen molar-refractivity contribution in [1.29, 1.82) is 5.26 Å². The van der Waals surface area contributed by atoms with Crippen molar-refractivity contribution >= 4 is 16.7 Å². The molecule has 0 spiro atoms. The maximum atomic E-state index is 12.6. The largest absolute Gasteiger partial charge is 0.424 e. The van der Waals surface area contributed by atoms with Crippen LogP contribution >= 0.6 is 0 Å². The Morgan fingerprint density at radius 2 is 2.00 bits per heavy atom. The van der Waals surface area contributed by atoms with Gasteiger partial charge in [-0.3, -0.25) is 9.69 Å². The topological polar surface area (TPSA) is 104 Å². The number of nitriles is 1. The van der Waals surface area contributed by atoms with Crippen LogP contribution in [0.25, 0.3) is 11.0 Å². The van der Waals surface area contributed by atoms with Crippen LogP contribution in [-0.2, 0) is 7.05 Å². The number of aromatic nitrogens is 4. The van der Waals surface area contributed by atoms with Crippen molar-refractivity contribution < 1.29 is 4.42 Å². The first kappa shape index (κ1) is 20.0. The molecule has 1 aliphatic rings. The molecule has 30 heavy (non-hydrogen) atoms. The lowest BCUT2D eigenvalue weighted by Gasteiger charge is -2.47. The number of hydrogen-bond acceptors (Lipinski definition) is 8. The fourth-order valence-corrected chi connectivity index (χ4v) is 4.24. The molecular formula is C21H25N7O2. The molecule has 4 rings (SSSR count). The standard InChI is InChI=1S/C21H25N7O2/c1-12-11-28(13(2)10-27(12)14(3)21-25-24-15(4)30-21)18-8-19(29)26(5)17-7-6-16(9-22)23-20(17)18/h6-8,12-14H,10-11H2,1-5H3/t12?,13-,14?/m0/s1. The zero-order chi connectivity index (χ0) is 21.6. The number of pyridine rings is 2. The van der Waals surface area contributed by atoms with Gasteiger partial charge >= 0.3 is 0 Å². The van der Waals surface area contributed by atoms with E-state index in [2.05, 4.69) is 51.8 Å². The Hall–Kier alpha value is -3.25. The molecule has 9 nitrogen and oxygen atoms in total. The molecule has 3 aromatic rings. The molecule has 4 heterocycles. The van der Waals surface area contributed by atoms with E-state index in [1.165, 1.54) is 0 Å². The summed E-state index contributed by atoms with van der Waals surface area (Å²) in [6.45, 7) is 9.60. The first-order valence-electron chi connectivity index (χ1n) is 10.0. The third-order valence-corrected chi connectivity index (χ3v) is 5.92. The molecule has 1 saturated heterocycles. The Morgan fingerprint density at radius 3 is 2.67 bits per heavy atom. The average molecular weight is 407 g/mol. The van der Waals surface area contributed by atoms with Crippen LogP contribution in [0.3, 0.4) is 0 Å². The van der Waals surface area contributed by atoms with E-state index >= 15 is 0 Å². The Bertz CT molecular complexity index is 1190. The summed E-state index contributed by atoms with van der Waals surface area (Å²) in [5.41, 5.74) is 2.39. The van der Waals surface area contributed by atoms with Crippen LogP contribution in [0.15, 0.2) is 27.4 Å². The predicted molar refractivity (Wildman–Crippen MR) is 112 cm³/mol. The van der Waals surface area contributed by atoms with Crippen LogP contribution < -0.4 is 10.5 Å². The van der Waals surface area contributed by atoms with Gasteiger partial charge in [-0.25, -0.2) is 4.98 Å². The molecule has 0 aliphatic carbocycles. The van der Waals surface area contributed by atoms with Gasteiger partial charge in [0, 0.05) is 45.2 Å². The number of aryl methyl sites for hydroxylation is 2. The molecule has 0 N–H and O–H groups in total. The lowest BCUT2D eigenvalue weighted by molar-refractivity contribution is 0.103. The van der Waals surface area contributed by atoms with E-state index in [-0.39, 0.29) is 23.7 Å². The van der Waals surface area contributed by atoms with Crippen LogP contribution in [0, 0.1) is 18.3 Å². The molecule has 0 amide bonds.